The number of hydrogen-bond donors (Lipinski definition) is 0. The maximum absolute atomic E-state index is 5.22. The lowest BCUT2D eigenvalue weighted by Gasteiger charge is -1.96. The van der Waals surface area contributed by atoms with E-state index in [4.69, 9.17) is 4.74 Å². The van der Waals surface area contributed by atoms with Gasteiger partial charge in [-0.25, -0.2) is 4.98 Å². The Balaban J connectivity index is 2.10. The summed E-state index contributed by atoms with van der Waals surface area (Å²) >= 11 is 1.71. The van der Waals surface area contributed by atoms with Crippen molar-refractivity contribution in [2.45, 2.75) is 6.92 Å². The first-order chi connectivity index (χ1) is 8.76. The fraction of sp³-hybridized carbons (Fsp3) is 0.133. The van der Waals surface area contributed by atoms with E-state index < -0.39 is 0 Å². The summed E-state index contributed by atoms with van der Waals surface area (Å²) in [6.07, 6.45) is 0. The van der Waals surface area contributed by atoms with Crippen molar-refractivity contribution < 1.29 is 4.74 Å². The maximum Gasteiger partial charge on any atom is 0.124 e. The van der Waals surface area contributed by atoms with Gasteiger partial charge >= 0.3 is 0 Å². The molecule has 2 nitrogen and oxygen atoms in total. The number of fused-ring (bicyclic) bond motifs is 1. The van der Waals surface area contributed by atoms with E-state index in [-0.39, 0.29) is 0 Å². The van der Waals surface area contributed by atoms with E-state index in [0.29, 0.717) is 0 Å². The molecule has 90 valence electrons. The third-order valence-corrected chi connectivity index (χ3v) is 3.98. The molecule has 3 heteroatoms. The number of methoxy groups -OCH3 is 1. The van der Waals surface area contributed by atoms with Crippen LogP contribution in [0.5, 0.6) is 5.75 Å². The Morgan fingerprint density at radius 1 is 1.06 bits per heavy atom. The molecular weight excluding hydrogens is 242 g/mol. The molecule has 18 heavy (non-hydrogen) atoms. The highest BCUT2D eigenvalue weighted by Gasteiger charge is 2.06. The molecule has 0 radical (unpaired) electrons. The largest absolute Gasteiger partial charge is 0.497 e. The molecule has 1 aromatic heterocycles. The predicted octanol–water partition coefficient (Wildman–Crippen LogP) is 4.28. The van der Waals surface area contributed by atoms with Crippen molar-refractivity contribution in [2.24, 2.45) is 0 Å². The standard InChI is InChI=1S/C15H13NOS/c1-10-3-5-11(6-4-10)15-16-13-9-12(17-2)7-8-14(13)18-15/h3-9H,1-2H3. The molecule has 0 unspecified atom stereocenters. The quantitative estimate of drug-likeness (QED) is 0.682. The molecular formula is C15H13NOS. The number of thiazole rings is 1. The van der Waals surface area contributed by atoms with Crippen molar-refractivity contribution in [2.75, 3.05) is 7.11 Å². The molecule has 0 amide bonds. The summed E-state index contributed by atoms with van der Waals surface area (Å²) in [6.45, 7) is 2.09. The van der Waals surface area contributed by atoms with Gasteiger partial charge in [0.05, 0.1) is 17.3 Å². The summed E-state index contributed by atoms with van der Waals surface area (Å²) < 4.78 is 6.40. The van der Waals surface area contributed by atoms with Gasteiger partial charge in [-0.15, -0.1) is 11.3 Å². The lowest BCUT2D eigenvalue weighted by molar-refractivity contribution is 0.415. The number of aryl methyl sites for hydroxylation is 1. The summed E-state index contributed by atoms with van der Waals surface area (Å²) in [4.78, 5) is 4.66. The monoisotopic (exact) mass is 255 g/mol. The predicted molar refractivity (Wildman–Crippen MR) is 76.3 cm³/mol. The number of ether oxygens (including phenoxy) is 1. The number of nitrogens with zero attached hydrogens (tertiary/aromatic N) is 1. The van der Waals surface area contributed by atoms with Crippen molar-refractivity contribution in [3.8, 4) is 16.3 Å². The van der Waals surface area contributed by atoms with Crippen LogP contribution in [0.1, 0.15) is 5.56 Å². The van der Waals surface area contributed by atoms with Gasteiger partial charge in [-0.05, 0) is 19.1 Å². The molecule has 0 aliphatic carbocycles. The second kappa shape index (κ2) is 4.42. The van der Waals surface area contributed by atoms with Gasteiger partial charge in [0.2, 0.25) is 0 Å². The smallest absolute Gasteiger partial charge is 0.124 e. The Morgan fingerprint density at radius 2 is 1.83 bits per heavy atom. The third kappa shape index (κ3) is 1.97. The Morgan fingerprint density at radius 3 is 2.56 bits per heavy atom. The zero-order valence-corrected chi connectivity index (χ0v) is 11.1. The lowest BCUT2D eigenvalue weighted by atomic mass is 10.2. The van der Waals surface area contributed by atoms with Crippen LogP contribution in [0.2, 0.25) is 0 Å². The van der Waals surface area contributed by atoms with Gasteiger partial charge in [0.1, 0.15) is 10.8 Å². The van der Waals surface area contributed by atoms with Crippen LogP contribution in [0.15, 0.2) is 42.5 Å². The highest BCUT2D eigenvalue weighted by Crippen LogP contribution is 2.31. The summed E-state index contributed by atoms with van der Waals surface area (Å²) in [5, 5.41) is 1.05. The molecule has 3 rings (SSSR count). The van der Waals surface area contributed by atoms with Crippen LogP contribution in [-0.2, 0) is 0 Å². The summed E-state index contributed by atoms with van der Waals surface area (Å²) in [5.74, 6) is 0.850. The van der Waals surface area contributed by atoms with E-state index in [1.54, 1.807) is 18.4 Å². The molecule has 0 N–H and O–H groups in total. The highest BCUT2D eigenvalue weighted by molar-refractivity contribution is 7.21. The molecule has 0 saturated heterocycles. The normalized spacial score (nSPS) is 10.8. The van der Waals surface area contributed by atoms with Crippen LogP contribution in [-0.4, -0.2) is 12.1 Å². The average molecular weight is 255 g/mol. The van der Waals surface area contributed by atoms with Gasteiger partial charge in [-0.1, -0.05) is 29.8 Å². The van der Waals surface area contributed by atoms with Gasteiger partial charge in [-0.3, -0.25) is 0 Å². The topological polar surface area (TPSA) is 22.1 Å². The van der Waals surface area contributed by atoms with E-state index in [0.717, 1.165) is 16.3 Å². The maximum atomic E-state index is 5.22. The number of benzene rings is 2. The molecule has 3 aromatic rings. The van der Waals surface area contributed by atoms with E-state index in [1.807, 2.05) is 12.1 Å². The highest BCUT2D eigenvalue weighted by atomic mass is 32.1. The van der Waals surface area contributed by atoms with Gasteiger partial charge in [0, 0.05) is 11.6 Å². The molecule has 0 saturated carbocycles. The van der Waals surface area contributed by atoms with Crippen molar-refractivity contribution in [3.63, 3.8) is 0 Å². The fourth-order valence-corrected chi connectivity index (χ4v) is 2.81. The van der Waals surface area contributed by atoms with Crippen LogP contribution in [0.25, 0.3) is 20.8 Å². The number of rotatable bonds is 2. The van der Waals surface area contributed by atoms with E-state index in [1.165, 1.54) is 15.8 Å². The first kappa shape index (κ1) is 11.2. The van der Waals surface area contributed by atoms with E-state index >= 15 is 0 Å². The minimum Gasteiger partial charge on any atom is -0.497 e. The van der Waals surface area contributed by atoms with Crippen LogP contribution in [0, 0.1) is 6.92 Å². The van der Waals surface area contributed by atoms with Crippen molar-refractivity contribution in [3.05, 3.63) is 48.0 Å². The van der Waals surface area contributed by atoms with Crippen LogP contribution in [0.3, 0.4) is 0 Å². The van der Waals surface area contributed by atoms with Gasteiger partial charge < -0.3 is 4.74 Å². The first-order valence-corrected chi connectivity index (χ1v) is 6.59. The van der Waals surface area contributed by atoms with Crippen LogP contribution in [0.4, 0.5) is 0 Å². The summed E-state index contributed by atoms with van der Waals surface area (Å²) in [5.41, 5.74) is 3.43. The van der Waals surface area contributed by atoms with Crippen LogP contribution < -0.4 is 4.74 Å². The number of aromatic nitrogens is 1. The van der Waals surface area contributed by atoms with E-state index in [9.17, 15) is 0 Å². The van der Waals surface area contributed by atoms with Crippen LogP contribution >= 0.6 is 11.3 Å². The Labute approximate surface area is 110 Å². The molecule has 0 aliphatic rings. The molecule has 2 aromatic carbocycles. The summed E-state index contributed by atoms with van der Waals surface area (Å²) in [7, 11) is 1.68. The minimum absolute atomic E-state index is 0.850. The first-order valence-electron chi connectivity index (χ1n) is 5.78. The van der Waals surface area contributed by atoms with Gasteiger partial charge in [0.15, 0.2) is 0 Å². The number of hydrogen-bond acceptors (Lipinski definition) is 3. The Bertz CT molecular complexity index is 685. The molecule has 1 heterocycles. The zero-order valence-electron chi connectivity index (χ0n) is 10.3. The molecule has 0 aliphatic heterocycles. The molecule has 0 spiro atoms. The zero-order chi connectivity index (χ0) is 12.5. The molecule has 0 atom stereocenters. The fourth-order valence-electron chi connectivity index (χ4n) is 1.85. The molecule has 0 bridgehead atoms. The third-order valence-electron chi connectivity index (χ3n) is 2.89. The van der Waals surface area contributed by atoms with Crippen molar-refractivity contribution in [1.82, 2.24) is 4.98 Å². The Kier molecular flexibility index (Phi) is 2.76. The molecule has 0 fully saturated rings. The van der Waals surface area contributed by atoms with Crippen molar-refractivity contribution >= 4 is 21.6 Å². The average Bonchev–Trinajstić information content (AvgIpc) is 2.82. The van der Waals surface area contributed by atoms with Gasteiger partial charge in [0.25, 0.3) is 0 Å². The summed E-state index contributed by atoms with van der Waals surface area (Å²) in [6, 6.07) is 14.5. The SMILES string of the molecule is COc1ccc2sc(-c3ccc(C)cc3)nc2c1. The second-order valence-electron chi connectivity index (χ2n) is 4.22. The second-order valence-corrected chi connectivity index (χ2v) is 5.25. The minimum atomic E-state index is 0.850. The van der Waals surface area contributed by atoms with Crippen molar-refractivity contribution in [1.29, 1.82) is 0 Å². The van der Waals surface area contributed by atoms with Gasteiger partial charge in [-0.2, -0.15) is 0 Å². The van der Waals surface area contributed by atoms with E-state index in [2.05, 4.69) is 42.2 Å². The Hall–Kier alpha value is -1.87. The lowest BCUT2D eigenvalue weighted by Crippen LogP contribution is -1.81.